The zero-order valence-corrected chi connectivity index (χ0v) is 11.0. The van der Waals surface area contributed by atoms with E-state index >= 15 is 0 Å². The Labute approximate surface area is 113 Å². The Hall–Kier alpha value is -2.05. The average Bonchev–Trinajstić information content (AvgIpc) is 2.24. The molecule has 0 aromatic heterocycles. The van der Waals surface area contributed by atoms with Gasteiger partial charge in [-0.2, -0.15) is 13.2 Å². The van der Waals surface area contributed by atoms with Gasteiger partial charge in [-0.1, -0.05) is 0 Å². The molecule has 1 aromatic rings. The number of esters is 1. The molecule has 0 unspecified atom stereocenters. The molecule has 0 bridgehead atoms. The molecule has 0 fully saturated rings. The molecule has 0 heterocycles. The lowest BCUT2D eigenvalue weighted by atomic mass is 10.0. The minimum absolute atomic E-state index is 0.452. The molecule has 7 heteroatoms. The summed E-state index contributed by atoms with van der Waals surface area (Å²) >= 11 is 0. The predicted octanol–water partition coefficient (Wildman–Crippen LogP) is 3.36. The molecule has 0 saturated carbocycles. The van der Waals surface area contributed by atoms with Gasteiger partial charge in [0.2, 0.25) is 0 Å². The minimum Gasteiger partial charge on any atom is -0.478 e. The van der Waals surface area contributed by atoms with E-state index in [4.69, 9.17) is 9.84 Å². The molecule has 1 aromatic carbocycles. The topological polar surface area (TPSA) is 63.6 Å². The third-order valence-electron chi connectivity index (χ3n) is 2.14. The highest BCUT2D eigenvalue weighted by Crippen LogP contribution is 2.31. The summed E-state index contributed by atoms with van der Waals surface area (Å²) in [6, 6.07) is 1.89. The van der Waals surface area contributed by atoms with Crippen molar-refractivity contribution in [3.8, 4) is 0 Å². The number of ether oxygens (including phenoxy) is 1. The Morgan fingerprint density at radius 2 is 1.55 bits per heavy atom. The van der Waals surface area contributed by atoms with Crippen molar-refractivity contribution in [3.05, 3.63) is 34.9 Å². The molecule has 1 rings (SSSR count). The van der Waals surface area contributed by atoms with Crippen molar-refractivity contribution in [1.82, 2.24) is 0 Å². The van der Waals surface area contributed by atoms with Crippen LogP contribution in [0.5, 0.6) is 0 Å². The van der Waals surface area contributed by atoms with Gasteiger partial charge in [-0.15, -0.1) is 0 Å². The van der Waals surface area contributed by atoms with Gasteiger partial charge in [0.05, 0.1) is 16.7 Å². The highest BCUT2D eigenvalue weighted by molar-refractivity contribution is 5.95. The second-order valence-electron chi connectivity index (χ2n) is 5.10. The summed E-state index contributed by atoms with van der Waals surface area (Å²) in [6.07, 6.45) is -4.75. The van der Waals surface area contributed by atoms with Crippen LogP contribution in [-0.4, -0.2) is 22.6 Å². The molecule has 1 N–H and O–H groups in total. The normalized spacial score (nSPS) is 12.1. The van der Waals surface area contributed by atoms with Crippen molar-refractivity contribution in [2.45, 2.75) is 32.5 Å². The molecule has 0 spiro atoms. The minimum atomic E-state index is -4.75. The summed E-state index contributed by atoms with van der Waals surface area (Å²) in [7, 11) is 0. The van der Waals surface area contributed by atoms with Gasteiger partial charge >= 0.3 is 18.1 Å². The number of alkyl halides is 3. The Bertz CT molecular complexity index is 542. The molecular formula is C13H13F3O4. The maximum Gasteiger partial charge on any atom is 0.416 e. The Morgan fingerprint density at radius 3 is 1.95 bits per heavy atom. The molecule has 0 atom stereocenters. The third-order valence-corrected chi connectivity index (χ3v) is 2.14. The van der Waals surface area contributed by atoms with Crippen LogP contribution in [0, 0.1) is 0 Å². The summed E-state index contributed by atoms with van der Waals surface area (Å²) in [6.45, 7) is 4.66. The number of carbonyl (C=O) groups is 2. The quantitative estimate of drug-likeness (QED) is 0.848. The molecule has 20 heavy (non-hydrogen) atoms. The van der Waals surface area contributed by atoms with Crippen LogP contribution in [0.25, 0.3) is 0 Å². The van der Waals surface area contributed by atoms with Gasteiger partial charge < -0.3 is 9.84 Å². The lowest BCUT2D eigenvalue weighted by molar-refractivity contribution is -0.137. The molecule has 0 saturated heterocycles. The molecule has 4 nitrogen and oxygen atoms in total. The van der Waals surface area contributed by atoms with Crippen molar-refractivity contribution in [2.75, 3.05) is 0 Å². The summed E-state index contributed by atoms with van der Waals surface area (Å²) in [5, 5.41) is 8.79. The highest BCUT2D eigenvalue weighted by atomic mass is 19.4. The number of rotatable bonds is 2. The molecule has 0 amide bonds. The van der Waals surface area contributed by atoms with E-state index in [1.54, 1.807) is 20.8 Å². The number of carboxylic acids is 1. The van der Waals surface area contributed by atoms with E-state index in [9.17, 15) is 22.8 Å². The van der Waals surface area contributed by atoms with Crippen LogP contribution in [0.4, 0.5) is 13.2 Å². The lowest BCUT2D eigenvalue weighted by Crippen LogP contribution is -2.24. The van der Waals surface area contributed by atoms with E-state index in [0.717, 1.165) is 6.07 Å². The predicted molar refractivity (Wildman–Crippen MR) is 63.6 cm³/mol. The van der Waals surface area contributed by atoms with Gasteiger partial charge in [0.1, 0.15) is 5.60 Å². The van der Waals surface area contributed by atoms with Crippen molar-refractivity contribution in [3.63, 3.8) is 0 Å². The zero-order chi connectivity index (χ0) is 15.7. The second-order valence-corrected chi connectivity index (χ2v) is 5.10. The summed E-state index contributed by atoms with van der Waals surface area (Å²) < 4.78 is 42.9. The Balaban J connectivity index is 3.29. The first-order valence-corrected chi connectivity index (χ1v) is 5.59. The van der Waals surface area contributed by atoms with Crippen LogP contribution in [-0.2, 0) is 10.9 Å². The second kappa shape index (κ2) is 5.15. The van der Waals surface area contributed by atoms with E-state index in [-0.39, 0.29) is 0 Å². The molecule has 0 aliphatic carbocycles. The van der Waals surface area contributed by atoms with Crippen LogP contribution in [0.3, 0.4) is 0 Å². The monoisotopic (exact) mass is 290 g/mol. The number of carbonyl (C=O) groups excluding carboxylic acids is 1. The first-order chi connectivity index (χ1) is 8.90. The molecular weight excluding hydrogens is 277 g/mol. The van der Waals surface area contributed by atoms with Crippen LogP contribution in [0.15, 0.2) is 18.2 Å². The van der Waals surface area contributed by atoms with Gasteiger partial charge in [-0.05, 0) is 39.0 Å². The molecule has 0 radical (unpaired) electrons. The van der Waals surface area contributed by atoms with Gasteiger partial charge in [-0.25, -0.2) is 9.59 Å². The van der Waals surface area contributed by atoms with Crippen LogP contribution in [0.1, 0.15) is 47.1 Å². The van der Waals surface area contributed by atoms with E-state index in [1.807, 2.05) is 0 Å². The molecule has 0 aliphatic heterocycles. The molecule has 0 aliphatic rings. The first-order valence-electron chi connectivity index (χ1n) is 5.59. The number of carboxylic acid groups (broad SMARTS) is 1. The number of hydrogen-bond donors (Lipinski definition) is 1. The summed E-state index contributed by atoms with van der Waals surface area (Å²) in [4.78, 5) is 22.6. The van der Waals surface area contributed by atoms with E-state index < -0.39 is 40.4 Å². The fraction of sp³-hybridized carbons (Fsp3) is 0.385. The lowest BCUT2D eigenvalue weighted by Gasteiger charge is -2.20. The van der Waals surface area contributed by atoms with Gasteiger partial charge in [0.15, 0.2) is 0 Å². The SMILES string of the molecule is CC(C)(C)OC(=O)c1cc(C(=O)O)cc(C(F)(F)F)c1. The fourth-order valence-electron chi connectivity index (χ4n) is 1.37. The van der Waals surface area contributed by atoms with Gasteiger partial charge in [0.25, 0.3) is 0 Å². The van der Waals surface area contributed by atoms with Crippen molar-refractivity contribution in [1.29, 1.82) is 0 Å². The Kier molecular flexibility index (Phi) is 4.12. The highest BCUT2D eigenvalue weighted by Gasteiger charge is 2.33. The van der Waals surface area contributed by atoms with Crippen LogP contribution in [0.2, 0.25) is 0 Å². The number of benzene rings is 1. The van der Waals surface area contributed by atoms with Crippen molar-refractivity contribution < 1.29 is 32.6 Å². The number of halogens is 3. The number of hydrogen-bond acceptors (Lipinski definition) is 3. The largest absolute Gasteiger partial charge is 0.478 e. The van der Waals surface area contributed by atoms with Crippen LogP contribution >= 0.6 is 0 Å². The van der Waals surface area contributed by atoms with Crippen molar-refractivity contribution >= 4 is 11.9 Å². The maximum atomic E-state index is 12.7. The van der Waals surface area contributed by atoms with E-state index in [2.05, 4.69) is 0 Å². The van der Waals surface area contributed by atoms with E-state index in [0.29, 0.717) is 12.1 Å². The zero-order valence-electron chi connectivity index (χ0n) is 11.0. The fourth-order valence-corrected chi connectivity index (χ4v) is 1.37. The summed E-state index contributed by atoms with van der Waals surface area (Å²) in [5.41, 5.74) is -3.18. The van der Waals surface area contributed by atoms with Gasteiger partial charge in [0, 0.05) is 0 Å². The average molecular weight is 290 g/mol. The van der Waals surface area contributed by atoms with Crippen LogP contribution < -0.4 is 0 Å². The van der Waals surface area contributed by atoms with Gasteiger partial charge in [-0.3, -0.25) is 0 Å². The number of aromatic carboxylic acids is 1. The first kappa shape index (κ1) is 16.0. The van der Waals surface area contributed by atoms with E-state index in [1.165, 1.54) is 0 Å². The smallest absolute Gasteiger partial charge is 0.416 e. The summed E-state index contributed by atoms with van der Waals surface area (Å²) in [5.74, 6) is -2.56. The third kappa shape index (κ3) is 4.25. The van der Waals surface area contributed by atoms with Crippen molar-refractivity contribution in [2.24, 2.45) is 0 Å². The molecule has 110 valence electrons. The standard InChI is InChI=1S/C13H13F3O4/c1-12(2,3)20-11(19)8-4-7(10(17)18)5-9(6-8)13(14,15)16/h4-6H,1-3H3,(H,17,18). The maximum absolute atomic E-state index is 12.7. The Morgan fingerprint density at radius 1 is 1.05 bits per heavy atom.